The molecule has 0 bridgehead atoms. The van der Waals surface area contributed by atoms with Crippen LogP contribution in [-0.2, 0) is 30.2 Å². The lowest BCUT2D eigenvalue weighted by Gasteiger charge is -2.15. The molecule has 0 atom stereocenters. The molecule has 0 unspecified atom stereocenters. The van der Waals surface area contributed by atoms with E-state index in [1.54, 1.807) is 23.0 Å². The van der Waals surface area contributed by atoms with Gasteiger partial charge in [0.1, 0.15) is 10.0 Å². The van der Waals surface area contributed by atoms with Gasteiger partial charge in [0.05, 0.1) is 13.2 Å². The molecule has 0 amide bonds. The molecule has 8 heteroatoms. The Bertz CT molecular complexity index is 660. The Kier molecular flexibility index (Phi) is 4.04. The molecule has 2 heterocycles. The van der Waals surface area contributed by atoms with E-state index in [0.717, 1.165) is 11.3 Å². The molecule has 6 nitrogen and oxygen atoms in total. The third kappa shape index (κ3) is 2.86. The monoisotopic (exact) mass is 301 g/mol. The molecule has 0 aromatic carbocycles. The first kappa shape index (κ1) is 14.2. The van der Waals surface area contributed by atoms with E-state index < -0.39 is 10.0 Å². The summed E-state index contributed by atoms with van der Waals surface area (Å²) in [6, 6.07) is 3.13. The van der Waals surface area contributed by atoms with Gasteiger partial charge in [-0.3, -0.25) is 0 Å². The highest BCUT2D eigenvalue weighted by Crippen LogP contribution is 2.24. The van der Waals surface area contributed by atoms with Gasteiger partial charge in [0, 0.05) is 31.4 Å². The number of rotatable bonds is 5. The van der Waals surface area contributed by atoms with Gasteiger partial charge in [-0.25, -0.2) is 13.4 Å². The summed E-state index contributed by atoms with van der Waals surface area (Å²) >= 11 is 1.08. The summed E-state index contributed by atoms with van der Waals surface area (Å²) in [6.45, 7) is 0.0570. The van der Waals surface area contributed by atoms with Crippen molar-refractivity contribution < 1.29 is 13.5 Å². The molecule has 2 aromatic rings. The number of aryl methyl sites for hydroxylation is 1. The van der Waals surface area contributed by atoms with Crippen LogP contribution in [0.25, 0.3) is 0 Å². The highest BCUT2D eigenvalue weighted by molar-refractivity contribution is 7.91. The summed E-state index contributed by atoms with van der Waals surface area (Å²) in [5, 5.41) is 8.99. The Morgan fingerprint density at radius 2 is 2.21 bits per heavy atom. The Morgan fingerprint density at radius 3 is 2.74 bits per heavy atom. The van der Waals surface area contributed by atoms with E-state index in [1.165, 1.54) is 17.4 Å². The van der Waals surface area contributed by atoms with Crippen LogP contribution in [0.4, 0.5) is 0 Å². The smallest absolute Gasteiger partial charge is 0.252 e. The average molecular weight is 301 g/mol. The van der Waals surface area contributed by atoms with Crippen LogP contribution in [0.5, 0.6) is 0 Å². The van der Waals surface area contributed by atoms with Gasteiger partial charge in [-0.1, -0.05) is 0 Å². The summed E-state index contributed by atoms with van der Waals surface area (Å²) in [7, 11) is -0.200. The van der Waals surface area contributed by atoms with Gasteiger partial charge >= 0.3 is 0 Å². The highest BCUT2D eigenvalue weighted by Gasteiger charge is 2.23. The van der Waals surface area contributed by atoms with Crippen LogP contribution in [0.1, 0.15) is 10.7 Å². The maximum atomic E-state index is 12.3. The van der Waals surface area contributed by atoms with Crippen molar-refractivity contribution in [2.45, 2.75) is 17.4 Å². The van der Waals surface area contributed by atoms with Crippen LogP contribution in [0.15, 0.2) is 28.7 Å². The van der Waals surface area contributed by atoms with E-state index in [4.69, 9.17) is 5.11 Å². The molecule has 2 rings (SSSR count). The molecule has 0 aliphatic heterocycles. The molecule has 2 aromatic heterocycles. The molecule has 0 spiro atoms. The number of aromatic nitrogens is 2. The maximum Gasteiger partial charge on any atom is 0.252 e. The van der Waals surface area contributed by atoms with E-state index >= 15 is 0 Å². The quantitative estimate of drug-likeness (QED) is 0.886. The molecule has 1 N–H and O–H groups in total. The zero-order chi connectivity index (χ0) is 14.0. The number of hydrogen-bond donors (Lipinski definition) is 1. The van der Waals surface area contributed by atoms with Crippen LogP contribution in [0, 0.1) is 0 Å². The van der Waals surface area contributed by atoms with Crippen molar-refractivity contribution in [2.75, 3.05) is 7.05 Å². The summed E-state index contributed by atoms with van der Waals surface area (Å²) in [5.74, 6) is 0.671. The largest absolute Gasteiger partial charge is 0.391 e. The van der Waals surface area contributed by atoms with Crippen molar-refractivity contribution in [1.82, 2.24) is 13.9 Å². The number of nitrogens with zero attached hydrogens (tertiary/aromatic N) is 3. The Hall–Kier alpha value is -1.22. The SMILES string of the molecule is CN(Cc1nccn1C)S(=O)(=O)c1ccc(CO)s1. The summed E-state index contributed by atoms with van der Waals surface area (Å²) < 4.78 is 27.9. The summed E-state index contributed by atoms with van der Waals surface area (Å²) in [5.41, 5.74) is 0. The molecule has 0 saturated carbocycles. The molecular formula is C11H15N3O3S2. The lowest BCUT2D eigenvalue weighted by molar-refractivity contribution is 0.285. The minimum atomic E-state index is -3.53. The van der Waals surface area contributed by atoms with Gasteiger partial charge in [-0.15, -0.1) is 11.3 Å². The van der Waals surface area contributed by atoms with Gasteiger partial charge in [0.15, 0.2) is 0 Å². The van der Waals surface area contributed by atoms with Gasteiger partial charge < -0.3 is 9.67 Å². The highest BCUT2D eigenvalue weighted by atomic mass is 32.2. The first-order valence-electron chi connectivity index (χ1n) is 5.57. The van der Waals surface area contributed by atoms with Crippen LogP contribution in [-0.4, -0.2) is 34.4 Å². The van der Waals surface area contributed by atoms with Crippen LogP contribution in [0.2, 0.25) is 0 Å². The third-order valence-electron chi connectivity index (χ3n) is 2.74. The zero-order valence-electron chi connectivity index (χ0n) is 10.6. The summed E-state index contributed by atoms with van der Waals surface area (Å²) in [4.78, 5) is 4.73. The lowest BCUT2D eigenvalue weighted by Crippen LogP contribution is -2.27. The molecule has 104 valence electrons. The van der Waals surface area contributed by atoms with Gasteiger partial charge in [0.2, 0.25) is 0 Å². The van der Waals surface area contributed by atoms with Crippen molar-refractivity contribution >= 4 is 21.4 Å². The molecule has 0 aliphatic rings. The predicted octanol–water partition coefficient (Wildman–Crippen LogP) is 0.795. The first-order chi connectivity index (χ1) is 8.95. The second-order valence-electron chi connectivity index (χ2n) is 4.09. The van der Waals surface area contributed by atoms with Crippen molar-refractivity contribution in [3.8, 4) is 0 Å². The van der Waals surface area contributed by atoms with Crippen LogP contribution in [0.3, 0.4) is 0 Å². The number of aliphatic hydroxyl groups is 1. The van der Waals surface area contributed by atoms with Crippen LogP contribution < -0.4 is 0 Å². The number of sulfonamides is 1. The normalized spacial score (nSPS) is 12.2. The Morgan fingerprint density at radius 1 is 1.47 bits per heavy atom. The van der Waals surface area contributed by atoms with Crippen LogP contribution >= 0.6 is 11.3 Å². The standard InChI is InChI=1S/C11H15N3O3S2/c1-13-6-5-12-10(13)7-14(2)19(16,17)11-4-3-9(8-15)18-11/h3-6,15H,7-8H2,1-2H3. The molecule has 0 fully saturated rings. The molecule has 0 radical (unpaired) electrons. The molecule has 19 heavy (non-hydrogen) atoms. The van der Waals surface area contributed by atoms with Crippen molar-refractivity contribution in [2.24, 2.45) is 7.05 Å². The minimum absolute atomic E-state index is 0.150. The number of hydrogen-bond acceptors (Lipinski definition) is 5. The van der Waals surface area contributed by atoms with Gasteiger partial charge in [-0.05, 0) is 12.1 Å². The topological polar surface area (TPSA) is 75.4 Å². The van der Waals surface area contributed by atoms with E-state index in [-0.39, 0.29) is 17.4 Å². The fourth-order valence-electron chi connectivity index (χ4n) is 1.57. The molecule has 0 saturated heterocycles. The lowest BCUT2D eigenvalue weighted by atomic mass is 10.5. The van der Waals surface area contributed by atoms with Crippen molar-refractivity contribution in [3.05, 3.63) is 35.2 Å². The predicted molar refractivity (Wildman–Crippen MR) is 72.1 cm³/mol. The maximum absolute atomic E-state index is 12.3. The minimum Gasteiger partial charge on any atom is -0.391 e. The fraction of sp³-hybridized carbons (Fsp3) is 0.364. The van der Waals surface area contributed by atoms with Crippen molar-refractivity contribution in [3.63, 3.8) is 0 Å². The van der Waals surface area contributed by atoms with E-state index in [1.807, 2.05) is 7.05 Å². The number of aliphatic hydroxyl groups excluding tert-OH is 1. The van der Waals surface area contributed by atoms with E-state index in [2.05, 4.69) is 4.98 Å². The third-order valence-corrected chi connectivity index (χ3v) is 6.08. The first-order valence-corrected chi connectivity index (χ1v) is 7.83. The second kappa shape index (κ2) is 5.41. The van der Waals surface area contributed by atoms with E-state index in [9.17, 15) is 8.42 Å². The van der Waals surface area contributed by atoms with Crippen molar-refractivity contribution in [1.29, 1.82) is 0 Å². The van der Waals surface area contributed by atoms with Gasteiger partial charge in [0.25, 0.3) is 10.0 Å². The number of imidazole rings is 1. The average Bonchev–Trinajstić information content (AvgIpc) is 2.99. The number of thiophene rings is 1. The zero-order valence-corrected chi connectivity index (χ0v) is 12.3. The fourth-order valence-corrected chi connectivity index (χ4v) is 4.12. The molecule has 0 aliphatic carbocycles. The Balaban J connectivity index is 2.22. The molecular weight excluding hydrogens is 286 g/mol. The van der Waals surface area contributed by atoms with E-state index in [0.29, 0.717) is 10.7 Å². The van der Waals surface area contributed by atoms with Gasteiger partial charge in [-0.2, -0.15) is 4.31 Å². The summed E-state index contributed by atoms with van der Waals surface area (Å²) in [6.07, 6.45) is 3.40. The Labute approximate surface area is 116 Å². The second-order valence-corrected chi connectivity index (χ2v) is 7.53.